The van der Waals surface area contributed by atoms with Crippen LogP contribution in [-0.4, -0.2) is 15.9 Å². The molecule has 1 amide bonds. The third-order valence-electron chi connectivity index (χ3n) is 2.82. The van der Waals surface area contributed by atoms with Crippen LogP contribution in [0, 0.1) is 5.92 Å². The number of rotatable bonds is 4. The topological polar surface area (TPSA) is 57.8 Å². The van der Waals surface area contributed by atoms with Gasteiger partial charge in [0.25, 0.3) is 0 Å². The van der Waals surface area contributed by atoms with Gasteiger partial charge < -0.3 is 10.3 Å². The number of para-hydroxylation sites is 2. The molecule has 0 aliphatic rings. The fourth-order valence-electron chi connectivity index (χ4n) is 2.09. The maximum atomic E-state index is 11.3. The second-order valence-corrected chi connectivity index (χ2v) is 5.02. The van der Waals surface area contributed by atoms with E-state index < -0.39 is 0 Å². The summed E-state index contributed by atoms with van der Waals surface area (Å²) in [5.41, 5.74) is 1.94. The summed E-state index contributed by atoms with van der Waals surface area (Å²) in [6, 6.07) is 7.85. The number of nitrogens with zero attached hydrogens (tertiary/aromatic N) is 1. The molecule has 0 saturated heterocycles. The van der Waals surface area contributed by atoms with Crippen molar-refractivity contribution in [3.8, 4) is 0 Å². The first kappa shape index (κ1) is 12.6. The van der Waals surface area contributed by atoms with E-state index in [9.17, 15) is 4.79 Å². The Morgan fingerprint density at radius 3 is 2.72 bits per heavy atom. The summed E-state index contributed by atoms with van der Waals surface area (Å²) in [6.45, 7) is 5.81. The monoisotopic (exact) mass is 245 g/mol. The Labute approximate surface area is 107 Å². The fraction of sp³-hybridized carbons (Fsp3) is 0.429. The highest BCUT2D eigenvalue weighted by molar-refractivity contribution is 5.76. The van der Waals surface area contributed by atoms with Gasteiger partial charge in [-0.25, -0.2) is 4.98 Å². The molecule has 1 aromatic carbocycles. The van der Waals surface area contributed by atoms with Crippen molar-refractivity contribution in [1.29, 1.82) is 0 Å². The van der Waals surface area contributed by atoms with Crippen LogP contribution in [-0.2, 0) is 4.79 Å². The van der Waals surface area contributed by atoms with Gasteiger partial charge in [0.2, 0.25) is 5.91 Å². The molecule has 0 aliphatic heterocycles. The van der Waals surface area contributed by atoms with E-state index in [0.717, 1.165) is 23.3 Å². The van der Waals surface area contributed by atoms with Crippen LogP contribution in [0.1, 0.15) is 39.1 Å². The van der Waals surface area contributed by atoms with E-state index in [-0.39, 0.29) is 11.9 Å². The molecule has 4 heteroatoms. The fourth-order valence-corrected chi connectivity index (χ4v) is 2.09. The third-order valence-corrected chi connectivity index (χ3v) is 2.82. The Hall–Kier alpha value is -1.84. The van der Waals surface area contributed by atoms with Crippen molar-refractivity contribution in [2.24, 2.45) is 5.92 Å². The summed E-state index contributed by atoms with van der Waals surface area (Å²) in [5.74, 6) is 1.30. The predicted octanol–water partition coefficient (Wildman–Crippen LogP) is 2.79. The number of hydrogen-bond acceptors (Lipinski definition) is 2. The van der Waals surface area contributed by atoms with Gasteiger partial charge in [-0.2, -0.15) is 0 Å². The zero-order valence-corrected chi connectivity index (χ0v) is 11.0. The van der Waals surface area contributed by atoms with Crippen LogP contribution in [0.25, 0.3) is 11.0 Å². The number of carbonyl (C=O) groups is 1. The van der Waals surface area contributed by atoms with Crippen molar-refractivity contribution in [3.05, 3.63) is 30.1 Å². The molecular formula is C14H19N3O. The molecule has 0 bridgehead atoms. The van der Waals surface area contributed by atoms with Crippen LogP contribution >= 0.6 is 0 Å². The van der Waals surface area contributed by atoms with Gasteiger partial charge in [-0.3, -0.25) is 4.79 Å². The number of imidazole rings is 1. The minimum absolute atomic E-state index is 0.0268. The first-order valence-electron chi connectivity index (χ1n) is 6.28. The molecule has 2 N–H and O–H groups in total. The summed E-state index contributed by atoms with van der Waals surface area (Å²) in [6.07, 6.45) is 0.874. The van der Waals surface area contributed by atoms with E-state index in [1.165, 1.54) is 6.92 Å². The van der Waals surface area contributed by atoms with Gasteiger partial charge in [-0.05, 0) is 24.5 Å². The first-order chi connectivity index (χ1) is 8.56. The Bertz CT molecular complexity index is 512. The Balaban J connectivity index is 2.31. The summed E-state index contributed by atoms with van der Waals surface area (Å²) >= 11 is 0. The molecule has 4 nitrogen and oxygen atoms in total. The average Bonchev–Trinajstić information content (AvgIpc) is 2.70. The van der Waals surface area contributed by atoms with Crippen LogP contribution in [0.15, 0.2) is 24.3 Å². The smallest absolute Gasteiger partial charge is 0.217 e. The van der Waals surface area contributed by atoms with Crippen LogP contribution in [0.3, 0.4) is 0 Å². The highest BCUT2D eigenvalue weighted by atomic mass is 16.1. The van der Waals surface area contributed by atoms with Crippen LogP contribution in [0.4, 0.5) is 0 Å². The largest absolute Gasteiger partial charge is 0.346 e. The predicted molar refractivity (Wildman–Crippen MR) is 72.1 cm³/mol. The molecule has 2 aromatic rings. The molecule has 2 rings (SSSR count). The summed E-state index contributed by atoms with van der Waals surface area (Å²) in [7, 11) is 0. The molecule has 0 fully saturated rings. The van der Waals surface area contributed by atoms with Gasteiger partial charge >= 0.3 is 0 Å². The van der Waals surface area contributed by atoms with Crippen LogP contribution < -0.4 is 5.32 Å². The number of aromatic nitrogens is 2. The Morgan fingerprint density at radius 1 is 1.39 bits per heavy atom. The molecule has 1 heterocycles. The van der Waals surface area contributed by atoms with Crippen molar-refractivity contribution < 1.29 is 4.79 Å². The number of nitrogens with one attached hydrogen (secondary N) is 2. The molecule has 0 unspecified atom stereocenters. The quantitative estimate of drug-likeness (QED) is 0.870. The standard InChI is InChI=1S/C14H19N3O/c1-9(2)8-13(15-10(3)18)14-16-11-6-4-5-7-12(11)17-14/h4-7,9,13H,8H2,1-3H3,(H,15,18)(H,16,17)/t13-/m1/s1. The molecule has 18 heavy (non-hydrogen) atoms. The third kappa shape index (κ3) is 2.88. The number of carbonyl (C=O) groups excluding carboxylic acids is 1. The molecular weight excluding hydrogens is 226 g/mol. The number of amides is 1. The normalized spacial score (nSPS) is 12.9. The van der Waals surface area contributed by atoms with E-state index in [2.05, 4.69) is 29.1 Å². The Kier molecular flexibility index (Phi) is 3.65. The van der Waals surface area contributed by atoms with Gasteiger partial charge in [-0.15, -0.1) is 0 Å². The van der Waals surface area contributed by atoms with Crippen molar-refractivity contribution >= 4 is 16.9 Å². The zero-order valence-electron chi connectivity index (χ0n) is 11.0. The minimum Gasteiger partial charge on any atom is -0.346 e. The minimum atomic E-state index is -0.0464. The van der Waals surface area contributed by atoms with E-state index in [0.29, 0.717) is 5.92 Å². The lowest BCUT2D eigenvalue weighted by molar-refractivity contribution is -0.119. The second-order valence-electron chi connectivity index (χ2n) is 5.02. The number of H-pyrrole nitrogens is 1. The lowest BCUT2D eigenvalue weighted by Crippen LogP contribution is -2.28. The number of benzene rings is 1. The highest BCUT2D eigenvalue weighted by Gasteiger charge is 2.18. The molecule has 1 aromatic heterocycles. The SMILES string of the molecule is CC(=O)N[C@H](CC(C)C)c1nc2ccccc2[nH]1. The van der Waals surface area contributed by atoms with Crippen LogP contribution in [0.2, 0.25) is 0 Å². The molecule has 0 radical (unpaired) electrons. The summed E-state index contributed by atoms with van der Waals surface area (Å²) in [5, 5.41) is 2.96. The van der Waals surface area contributed by atoms with Crippen molar-refractivity contribution in [3.63, 3.8) is 0 Å². The maximum Gasteiger partial charge on any atom is 0.217 e. The molecule has 0 saturated carbocycles. The van der Waals surface area contributed by atoms with E-state index >= 15 is 0 Å². The number of fused-ring (bicyclic) bond motifs is 1. The maximum absolute atomic E-state index is 11.3. The lowest BCUT2D eigenvalue weighted by atomic mass is 10.0. The van der Waals surface area contributed by atoms with E-state index in [4.69, 9.17) is 0 Å². The van der Waals surface area contributed by atoms with E-state index in [1.807, 2.05) is 24.3 Å². The molecule has 96 valence electrons. The average molecular weight is 245 g/mol. The van der Waals surface area contributed by atoms with Crippen molar-refractivity contribution in [2.75, 3.05) is 0 Å². The highest BCUT2D eigenvalue weighted by Crippen LogP contribution is 2.21. The first-order valence-corrected chi connectivity index (χ1v) is 6.28. The Morgan fingerprint density at radius 2 is 2.11 bits per heavy atom. The van der Waals surface area contributed by atoms with E-state index in [1.54, 1.807) is 0 Å². The zero-order chi connectivity index (χ0) is 13.1. The lowest BCUT2D eigenvalue weighted by Gasteiger charge is -2.17. The summed E-state index contributed by atoms with van der Waals surface area (Å²) in [4.78, 5) is 19.1. The van der Waals surface area contributed by atoms with Gasteiger partial charge in [0, 0.05) is 6.92 Å². The number of aromatic amines is 1. The molecule has 1 atom stereocenters. The number of hydrogen-bond donors (Lipinski definition) is 2. The van der Waals surface area contributed by atoms with Gasteiger partial charge in [0.15, 0.2) is 0 Å². The van der Waals surface area contributed by atoms with Crippen molar-refractivity contribution in [1.82, 2.24) is 15.3 Å². The molecule has 0 aliphatic carbocycles. The van der Waals surface area contributed by atoms with Crippen molar-refractivity contribution in [2.45, 2.75) is 33.2 Å². The molecule has 0 spiro atoms. The van der Waals surface area contributed by atoms with Gasteiger partial charge in [0.05, 0.1) is 17.1 Å². The van der Waals surface area contributed by atoms with Gasteiger partial charge in [0.1, 0.15) is 5.82 Å². The summed E-state index contributed by atoms with van der Waals surface area (Å²) < 4.78 is 0. The van der Waals surface area contributed by atoms with Crippen LogP contribution in [0.5, 0.6) is 0 Å². The van der Waals surface area contributed by atoms with Gasteiger partial charge in [-0.1, -0.05) is 26.0 Å². The second kappa shape index (κ2) is 5.21.